The van der Waals surface area contributed by atoms with E-state index in [0.29, 0.717) is 13.1 Å². The maximum Gasteiger partial charge on any atom is 0.250 e. The van der Waals surface area contributed by atoms with Gasteiger partial charge >= 0.3 is 0 Å². The van der Waals surface area contributed by atoms with Crippen molar-refractivity contribution >= 4 is 11.6 Å². The number of pyridine rings is 1. The summed E-state index contributed by atoms with van der Waals surface area (Å²) in [6.07, 6.45) is 1.82. The van der Waals surface area contributed by atoms with Crippen molar-refractivity contribution in [3.05, 3.63) is 100 Å². The van der Waals surface area contributed by atoms with E-state index in [9.17, 15) is 4.79 Å². The van der Waals surface area contributed by atoms with E-state index in [1.165, 1.54) is 5.69 Å². The fourth-order valence-electron chi connectivity index (χ4n) is 3.95. The maximum absolute atomic E-state index is 11.9. The summed E-state index contributed by atoms with van der Waals surface area (Å²) in [5.74, 6) is 0.972. The van der Waals surface area contributed by atoms with Crippen LogP contribution in [0.25, 0.3) is 0 Å². The molecule has 0 bridgehead atoms. The third kappa shape index (κ3) is 5.58. The van der Waals surface area contributed by atoms with Crippen LogP contribution in [0, 0.1) is 0 Å². The van der Waals surface area contributed by atoms with Crippen LogP contribution in [0.5, 0.6) is 0 Å². The van der Waals surface area contributed by atoms with Gasteiger partial charge in [0.25, 0.3) is 5.56 Å². The normalized spacial score (nSPS) is 14.5. The van der Waals surface area contributed by atoms with Crippen molar-refractivity contribution in [3.8, 4) is 0 Å². The van der Waals surface area contributed by atoms with Gasteiger partial charge in [0.05, 0.1) is 13.1 Å². The molecule has 0 spiro atoms. The highest BCUT2D eigenvalue weighted by Gasteiger charge is 2.19. The average Bonchev–Trinajstić information content (AvgIpc) is 2.85. The lowest BCUT2D eigenvalue weighted by Crippen LogP contribution is -2.52. The molecule has 32 heavy (non-hydrogen) atoms. The highest BCUT2D eigenvalue weighted by atomic mass is 16.1. The molecule has 166 valence electrons. The second-order valence-electron chi connectivity index (χ2n) is 7.96. The van der Waals surface area contributed by atoms with Crippen molar-refractivity contribution in [2.75, 3.05) is 37.6 Å². The number of rotatable bonds is 6. The fraction of sp³-hybridized carbons (Fsp3) is 0.308. The van der Waals surface area contributed by atoms with Crippen molar-refractivity contribution in [1.29, 1.82) is 0 Å². The fourth-order valence-corrected chi connectivity index (χ4v) is 3.95. The Kier molecular flexibility index (Phi) is 7.23. The minimum atomic E-state index is 0.0174. The minimum absolute atomic E-state index is 0.0174. The predicted molar refractivity (Wildman–Crippen MR) is 131 cm³/mol. The van der Waals surface area contributed by atoms with Gasteiger partial charge in [-0.25, -0.2) is 4.99 Å². The van der Waals surface area contributed by atoms with E-state index >= 15 is 0 Å². The summed E-state index contributed by atoms with van der Waals surface area (Å²) >= 11 is 0. The smallest absolute Gasteiger partial charge is 0.250 e. The zero-order valence-electron chi connectivity index (χ0n) is 18.7. The molecule has 1 saturated heterocycles. The van der Waals surface area contributed by atoms with Crippen LogP contribution >= 0.6 is 0 Å². The molecule has 2 heterocycles. The molecule has 0 atom stereocenters. The number of para-hydroxylation sites is 1. The summed E-state index contributed by atoms with van der Waals surface area (Å²) in [5, 5.41) is 3.45. The number of nitrogens with one attached hydrogen (secondary N) is 1. The summed E-state index contributed by atoms with van der Waals surface area (Å²) in [5.41, 5.74) is 3.57. The molecule has 0 saturated carbocycles. The molecule has 0 unspecified atom stereocenters. The van der Waals surface area contributed by atoms with Crippen molar-refractivity contribution in [2.45, 2.75) is 20.0 Å². The standard InChI is InChI=1S/C26H31N5O/c1-2-27-26(30-18-16-29(17-19-30)24-8-4-3-5-9-24)28-20-22-11-13-23(14-12-22)21-31-15-7-6-10-25(31)32/h3-15H,2,16-21H2,1H3,(H,27,28). The Morgan fingerprint density at radius 2 is 1.56 bits per heavy atom. The molecule has 0 radical (unpaired) electrons. The summed E-state index contributed by atoms with van der Waals surface area (Å²) in [6.45, 7) is 8.05. The van der Waals surface area contributed by atoms with Crippen LogP contribution in [-0.2, 0) is 13.1 Å². The molecule has 1 aliphatic heterocycles. The van der Waals surface area contributed by atoms with Gasteiger partial charge in [0.2, 0.25) is 0 Å². The zero-order chi connectivity index (χ0) is 22.2. The SMILES string of the molecule is CCNC(=NCc1ccc(Cn2ccccc2=O)cc1)N1CCN(c2ccccc2)CC1. The topological polar surface area (TPSA) is 52.9 Å². The second-order valence-corrected chi connectivity index (χ2v) is 7.96. The number of anilines is 1. The van der Waals surface area contributed by atoms with E-state index in [4.69, 9.17) is 4.99 Å². The van der Waals surface area contributed by atoms with E-state index in [0.717, 1.165) is 49.8 Å². The quantitative estimate of drug-likeness (QED) is 0.483. The molecule has 6 heteroatoms. The molecule has 0 aliphatic carbocycles. The predicted octanol–water partition coefficient (Wildman–Crippen LogP) is 3.18. The van der Waals surface area contributed by atoms with Gasteiger partial charge in [-0.2, -0.15) is 0 Å². The van der Waals surface area contributed by atoms with Crippen LogP contribution in [0.2, 0.25) is 0 Å². The first-order chi connectivity index (χ1) is 15.7. The van der Waals surface area contributed by atoms with Crippen molar-refractivity contribution in [3.63, 3.8) is 0 Å². The van der Waals surface area contributed by atoms with E-state index in [1.54, 1.807) is 16.7 Å². The Morgan fingerprint density at radius 3 is 2.25 bits per heavy atom. The Hall–Kier alpha value is -3.54. The van der Waals surface area contributed by atoms with Crippen molar-refractivity contribution in [2.24, 2.45) is 4.99 Å². The molecular formula is C26H31N5O. The third-order valence-corrected chi connectivity index (χ3v) is 5.72. The lowest BCUT2D eigenvalue weighted by Gasteiger charge is -2.37. The Balaban J connectivity index is 1.36. The van der Waals surface area contributed by atoms with Crippen molar-refractivity contribution in [1.82, 2.24) is 14.8 Å². The van der Waals surface area contributed by atoms with Crippen LogP contribution in [0.4, 0.5) is 5.69 Å². The number of hydrogen-bond acceptors (Lipinski definition) is 3. The molecule has 1 N–H and O–H groups in total. The highest BCUT2D eigenvalue weighted by molar-refractivity contribution is 5.80. The highest BCUT2D eigenvalue weighted by Crippen LogP contribution is 2.16. The number of guanidine groups is 1. The molecule has 3 aromatic rings. The second kappa shape index (κ2) is 10.7. The molecular weight excluding hydrogens is 398 g/mol. The number of hydrogen-bond donors (Lipinski definition) is 1. The van der Waals surface area contributed by atoms with E-state index in [1.807, 2.05) is 12.3 Å². The Morgan fingerprint density at radius 1 is 0.875 bits per heavy atom. The number of aliphatic imine (C=N–C) groups is 1. The van der Waals surface area contributed by atoms with Gasteiger partial charge in [-0.3, -0.25) is 4.79 Å². The summed E-state index contributed by atoms with van der Waals surface area (Å²) in [7, 11) is 0. The van der Waals surface area contributed by atoms with Gasteiger partial charge in [-0.05, 0) is 36.2 Å². The number of benzene rings is 2. The summed E-state index contributed by atoms with van der Waals surface area (Å²) < 4.78 is 1.71. The Bertz CT molecular complexity index is 1070. The molecule has 2 aromatic carbocycles. The molecule has 0 amide bonds. The summed E-state index contributed by atoms with van der Waals surface area (Å²) in [4.78, 5) is 21.6. The lowest BCUT2D eigenvalue weighted by molar-refractivity contribution is 0.372. The first-order valence-electron chi connectivity index (χ1n) is 11.3. The summed E-state index contributed by atoms with van der Waals surface area (Å²) in [6, 6.07) is 24.2. The third-order valence-electron chi connectivity index (χ3n) is 5.72. The van der Waals surface area contributed by atoms with Crippen LogP contribution < -0.4 is 15.8 Å². The van der Waals surface area contributed by atoms with Gasteiger partial charge in [0.15, 0.2) is 5.96 Å². The van der Waals surface area contributed by atoms with Gasteiger partial charge in [-0.15, -0.1) is 0 Å². The Labute approximate surface area is 189 Å². The van der Waals surface area contributed by atoms with Crippen LogP contribution in [-0.4, -0.2) is 48.2 Å². The van der Waals surface area contributed by atoms with Gasteiger partial charge in [-0.1, -0.05) is 48.5 Å². The molecule has 1 fully saturated rings. The van der Waals surface area contributed by atoms with Crippen LogP contribution in [0.15, 0.2) is 88.8 Å². The molecule has 1 aromatic heterocycles. The number of piperazine rings is 1. The largest absolute Gasteiger partial charge is 0.368 e. The number of aromatic nitrogens is 1. The molecule has 1 aliphatic rings. The first kappa shape index (κ1) is 21.7. The van der Waals surface area contributed by atoms with E-state index in [-0.39, 0.29) is 5.56 Å². The van der Waals surface area contributed by atoms with E-state index < -0.39 is 0 Å². The first-order valence-corrected chi connectivity index (χ1v) is 11.3. The number of nitrogens with zero attached hydrogens (tertiary/aromatic N) is 4. The average molecular weight is 430 g/mol. The lowest BCUT2D eigenvalue weighted by atomic mass is 10.1. The van der Waals surface area contributed by atoms with Gasteiger partial charge in [0, 0.05) is 50.7 Å². The van der Waals surface area contributed by atoms with Gasteiger partial charge in [0.1, 0.15) is 0 Å². The maximum atomic E-state index is 11.9. The minimum Gasteiger partial charge on any atom is -0.368 e. The van der Waals surface area contributed by atoms with Crippen LogP contribution in [0.1, 0.15) is 18.1 Å². The molecule has 6 nitrogen and oxygen atoms in total. The van der Waals surface area contributed by atoms with E-state index in [2.05, 4.69) is 76.6 Å². The van der Waals surface area contributed by atoms with Crippen molar-refractivity contribution < 1.29 is 0 Å². The van der Waals surface area contributed by atoms with Crippen LogP contribution in [0.3, 0.4) is 0 Å². The monoisotopic (exact) mass is 429 g/mol. The zero-order valence-corrected chi connectivity index (χ0v) is 18.7. The molecule has 4 rings (SSSR count). The van der Waals surface area contributed by atoms with Gasteiger partial charge < -0.3 is 19.7 Å².